The lowest BCUT2D eigenvalue weighted by molar-refractivity contribution is 0.0977. The van der Waals surface area contributed by atoms with Crippen LogP contribution in [-0.4, -0.2) is 5.78 Å². The molecule has 1 unspecified atom stereocenters. The molecule has 0 aliphatic rings. The molecule has 0 aromatic heterocycles. The van der Waals surface area contributed by atoms with Crippen molar-refractivity contribution in [2.45, 2.75) is 5.92 Å². The highest BCUT2D eigenvalue weighted by molar-refractivity contribution is 6.02. The van der Waals surface area contributed by atoms with E-state index in [2.05, 4.69) is 0 Å². The van der Waals surface area contributed by atoms with E-state index in [1.165, 1.54) is 12.1 Å². The fourth-order valence-electron chi connectivity index (χ4n) is 1.79. The number of carbonyl (C=O) groups excluding carboxylic acids is 1. The molecule has 2 aromatic rings. The number of hydrogen-bond donors (Lipinski definition) is 0. The quantitative estimate of drug-likeness (QED) is 0.803. The van der Waals surface area contributed by atoms with Crippen LogP contribution < -0.4 is 0 Å². The van der Waals surface area contributed by atoms with E-state index in [0.29, 0.717) is 6.07 Å². The van der Waals surface area contributed by atoms with E-state index in [-0.39, 0.29) is 11.1 Å². The number of halogens is 3. The summed E-state index contributed by atoms with van der Waals surface area (Å²) in [7, 11) is 0. The second-order valence-electron chi connectivity index (χ2n) is 4.10. The minimum atomic E-state index is -1.40. The molecule has 5 heteroatoms. The average molecular weight is 275 g/mol. The van der Waals surface area contributed by atoms with Gasteiger partial charge in [0.1, 0.15) is 23.4 Å². The van der Waals surface area contributed by atoms with E-state index < -0.39 is 29.2 Å². The van der Waals surface area contributed by atoms with Crippen molar-refractivity contribution in [1.29, 1.82) is 5.26 Å². The highest BCUT2D eigenvalue weighted by atomic mass is 19.1. The van der Waals surface area contributed by atoms with Gasteiger partial charge in [-0.3, -0.25) is 4.79 Å². The number of nitrogens with zero attached hydrogens (tertiary/aromatic N) is 1. The van der Waals surface area contributed by atoms with Gasteiger partial charge in [-0.2, -0.15) is 5.26 Å². The smallest absolute Gasteiger partial charge is 0.184 e. The van der Waals surface area contributed by atoms with Crippen LogP contribution in [0.5, 0.6) is 0 Å². The summed E-state index contributed by atoms with van der Waals surface area (Å²) in [5.41, 5.74) is -0.120. The second kappa shape index (κ2) is 5.57. The van der Waals surface area contributed by atoms with Crippen molar-refractivity contribution in [3.05, 3.63) is 71.0 Å². The molecule has 0 aliphatic carbocycles. The molecule has 2 aromatic carbocycles. The first kappa shape index (κ1) is 13.8. The van der Waals surface area contributed by atoms with Crippen LogP contribution in [0.2, 0.25) is 0 Å². The molecule has 2 rings (SSSR count). The van der Waals surface area contributed by atoms with Crippen molar-refractivity contribution in [3.63, 3.8) is 0 Å². The van der Waals surface area contributed by atoms with Gasteiger partial charge >= 0.3 is 0 Å². The SMILES string of the molecule is N#CC(C(=O)c1ccc(F)cc1)c1ccc(F)cc1F. The van der Waals surface area contributed by atoms with Gasteiger partial charge in [0, 0.05) is 17.2 Å². The molecule has 2 nitrogen and oxygen atoms in total. The fraction of sp³-hybridized carbons (Fsp3) is 0.0667. The Labute approximate surface area is 113 Å². The zero-order chi connectivity index (χ0) is 14.7. The predicted molar refractivity (Wildman–Crippen MR) is 65.4 cm³/mol. The Hall–Kier alpha value is -2.61. The van der Waals surface area contributed by atoms with E-state index in [9.17, 15) is 18.0 Å². The van der Waals surface area contributed by atoms with Crippen LogP contribution in [0, 0.1) is 28.8 Å². The lowest BCUT2D eigenvalue weighted by atomic mass is 9.91. The van der Waals surface area contributed by atoms with Gasteiger partial charge in [-0.1, -0.05) is 6.07 Å². The Morgan fingerprint density at radius 3 is 2.15 bits per heavy atom. The summed E-state index contributed by atoms with van der Waals surface area (Å²) in [4.78, 5) is 12.1. The van der Waals surface area contributed by atoms with Crippen LogP contribution in [0.4, 0.5) is 13.2 Å². The third-order valence-electron chi connectivity index (χ3n) is 2.79. The maximum Gasteiger partial charge on any atom is 0.184 e. The van der Waals surface area contributed by atoms with E-state index in [1.807, 2.05) is 0 Å². The Morgan fingerprint density at radius 1 is 1.00 bits per heavy atom. The Bertz CT molecular complexity index is 689. The molecule has 0 amide bonds. The van der Waals surface area contributed by atoms with Crippen molar-refractivity contribution < 1.29 is 18.0 Å². The molecule has 0 N–H and O–H groups in total. The third kappa shape index (κ3) is 2.69. The van der Waals surface area contributed by atoms with Crippen LogP contribution >= 0.6 is 0 Å². The third-order valence-corrected chi connectivity index (χ3v) is 2.79. The number of Topliss-reactive ketones (excluding diaryl/α,β-unsaturated/α-hetero) is 1. The average Bonchev–Trinajstić information content (AvgIpc) is 2.42. The normalized spacial score (nSPS) is 11.7. The molecule has 1 atom stereocenters. The standard InChI is InChI=1S/C15H8F3NO/c16-10-3-1-9(2-4-10)15(20)13(8-19)12-6-5-11(17)7-14(12)18/h1-7,13H. The fourth-order valence-corrected chi connectivity index (χ4v) is 1.79. The summed E-state index contributed by atoms with van der Waals surface area (Å²) in [6.45, 7) is 0. The summed E-state index contributed by atoms with van der Waals surface area (Å²) in [6, 6.07) is 8.89. The maximum atomic E-state index is 13.6. The Balaban J connectivity index is 2.40. The Morgan fingerprint density at radius 2 is 1.60 bits per heavy atom. The molecule has 0 radical (unpaired) electrons. The number of benzene rings is 2. The predicted octanol–water partition coefficient (Wildman–Crippen LogP) is 3.59. The Kier molecular flexibility index (Phi) is 3.85. The van der Waals surface area contributed by atoms with Gasteiger partial charge in [0.15, 0.2) is 5.78 Å². The second-order valence-corrected chi connectivity index (χ2v) is 4.10. The van der Waals surface area contributed by atoms with Crippen LogP contribution in [0.25, 0.3) is 0 Å². The van der Waals surface area contributed by atoms with E-state index in [4.69, 9.17) is 5.26 Å². The number of rotatable bonds is 3. The molecule has 0 aliphatic heterocycles. The van der Waals surface area contributed by atoms with Gasteiger partial charge < -0.3 is 0 Å². The molecule has 0 heterocycles. The number of ketones is 1. The lowest BCUT2D eigenvalue weighted by Crippen LogP contribution is -2.13. The van der Waals surface area contributed by atoms with Crippen molar-refractivity contribution in [2.24, 2.45) is 0 Å². The molecule has 20 heavy (non-hydrogen) atoms. The molecule has 0 fully saturated rings. The molecule has 0 saturated heterocycles. The van der Waals surface area contributed by atoms with Crippen molar-refractivity contribution in [3.8, 4) is 6.07 Å². The topological polar surface area (TPSA) is 40.9 Å². The molecule has 100 valence electrons. The zero-order valence-corrected chi connectivity index (χ0v) is 10.1. The molecule has 0 spiro atoms. The first-order valence-electron chi connectivity index (χ1n) is 5.67. The monoisotopic (exact) mass is 275 g/mol. The minimum absolute atomic E-state index is 0.0849. The summed E-state index contributed by atoms with van der Waals surface area (Å²) >= 11 is 0. The number of carbonyl (C=O) groups is 1. The minimum Gasteiger partial charge on any atom is -0.292 e. The maximum absolute atomic E-state index is 13.6. The number of nitriles is 1. The van der Waals surface area contributed by atoms with E-state index in [0.717, 1.165) is 24.3 Å². The summed E-state index contributed by atoms with van der Waals surface area (Å²) in [5.74, 6) is -4.36. The van der Waals surface area contributed by atoms with Gasteiger partial charge in [-0.15, -0.1) is 0 Å². The molecular weight excluding hydrogens is 267 g/mol. The summed E-state index contributed by atoms with van der Waals surface area (Å²) in [6.07, 6.45) is 0. The van der Waals surface area contributed by atoms with Gasteiger partial charge in [0.2, 0.25) is 0 Å². The van der Waals surface area contributed by atoms with Crippen LogP contribution in [-0.2, 0) is 0 Å². The molecular formula is C15H8F3NO. The van der Waals surface area contributed by atoms with E-state index >= 15 is 0 Å². The van der Waals surface area contributed by atoms with Crippen molar-refractivity contribution in [1.82, 2.24) is 0 Å². The van der Waals surface area contributed by atoms with Crippen molar-refractivity contribution in [2.75, 3.05) is 0 Å². The van der Waals surface area contributed by atoms with E-state index in [1.54, 1.807) is 6.07 Å². The van der Waals surface area contributed by atoms with Gasteiger partial charge in [-0.05, 0) is 30.3 Å². The molecule has 0 saturated carbocycles. The zero-order valence-electron chi connectivity index (χ0n) is 10.1. The summed E-state index contributed by atoms with van der Waals surface area (Å²) in [5, 5.41) is 9.05. The largest absolute Gasteiger partial charge is 0.292 e. The highest BCUT2D eigenvalue weighted by Gasteiger charge is 2.24. The van der Waals surface area contributed by atoms with Crippen molar-refractivity contribution >= 4 is 5.78 Å². The lowest BCUT2D eigenvalue weighted by Gasteiger charge is -2.09. The van der Waals surface area contributed by atoms with Crippen LogP contribution in [0.1, 0.15) is 21.8 Å². The first-order valence-corrected chi connectivity index (χ1v) is 5.67. The number of hydrogen-bond acceptors (Lipinski definition) is 2. The first-order chi connectivity index (χ1) is 9.52. The van der Waals surface area contributed by atoms with Crippen LogP contribution in [0.3, 0.4) is 0 Å². The van der Waals surface area contributed by atoms with Gasteiger partial charge in [0.05, 0.1) is 6.07 Å². The summed E-state index contributed by atoms with van der Waals surface area (Å²) < 4.78 is 39.2. The van der Waals surface area contributed by atoms with Gasteiger partial charge in [-0.25, -0.2) is 13.2 Å². The molecule has 0 bridgehead atoms. The van der Waals surface area contributed by atoms with Crippen LogP contribution in [0.15, 0.2) is 42.5 Å². The van der Waals surface area contributed by atoms with Gasteiger partial charge in [0.25, 0.3) is 0 Å². The highest BCUT2D eigenvalue weighted by Crippen LogP contribution is 2.24.